The lowest BCUT2D eigenvalue weighted by Crippen LogP contribution is -2.31. The van der Waals surface area contributed by atoms with Crippen molar-refractivity contribution in [2.24, 2.45) is 5.92 Å². The van der Waals surface area contributed by atoms with Gasteiger partial charge in [-0.05, 0) is 19.8 Å². The van der Waals surface area contributed by atoms with Crippen molar-refractivity contribution in [1.82, 2.24) is 9.88 Å². The summed E-state index contributed by atoms with van der Waals surface area (Å²) in [4.78, 5) is 28.6. The summed E-state index contributed by atoms with van der Waals surface area (Å²) in [5, 5.41) is 0. The zero-order valence-electron chi connectivity index (χ0n) is 12.1. The van der Waals surface area contributed by atoms with E-state index in [1.807, 2.05) is 0 Å². The predicted molar refractivity (Wildman–Crippen MR) is 76.9 cm³/mol. The summed E-state index contributed by atoms with van der Waals surface area (Å²) in [6.07, 6.45) is 1.98. The molecule has 1 atom stereocenters. The summed E-state index contributed by atoms with van der Waals surface area (Å²) >= 11 is 0. The van der Waals surface area contributed by atoms with Crippen LogP contribution in [-0.4, -0.2) is 42.1 Å². The van der Waals surface area contributed by atoms with E-state index >= 15 is 0 Å². The van der Waals surface area contributed by atoms with Gasteiger partial charge in [-0.2, -0.15) is 0 Å². The second kappa shape index (κ2) is 6.70. The van der Waals surface area contributed by atoms with Crippen LogP contribution >= 0.6 is 0 Å². The Balaban J connectivity index is 1.95. The first-order valence-corrected chi connectivity index (χ1v) is 7.18. The molecule has 2 heterocycles. The number of hydrogen-bond donors (Lipinski definition) is 1. The number of carbonyl (C=O) groups excluding carboxylic acids is 1. The van der Waals surface area contributed by atoms with Crippen molar-refractivity contribution in [3.05, 3.63) is 33.7 Å². The van der Waals surface area contributed by atoms with E-state index < -0.39 is 0 Å². The molecule has 5 heteroatoms. The number of hydrogen-bond acceptors (Lipinski definition) is 3. The van der Waals surface area contributed by atoms with Crippen LogP contribution in [0, 0.1) is 12.8 Å². The normalized spacial score (nSPS) is 18.5. The number of carbonyl (C=O) groups is 1. The smallest absolute Gasteiger partial charge is 0.270 e. The highest BCUT2D eigenvalue weighted by molar-refractivity contribution is 5.92. The van der Waals surface area contributed by atoms with Crippen LogP contribution in [0.5, 0.6) is 0 Å². The van der Waals surface area contributed by atoms with E-state index in [2.05, 4.69) is 11.9 Å². The maximum absolute atomic E-state index is 12.3. The van der Waals surface area contributed by atoms with E-state index in [0.29, 0.717) is 30.5 Å². The molecule has 1 aromatic heterocycles. The van der Waals surface area contributed by atoms with Crippen LogP contribution < -0.4 is 5.43 Å². The molecule has 0 aromatic carbocycles. The van der Waals surface area contributed by atoms with Crippen LogP contribution in [0.4, 0.5) is 0 Å². The van der Waals surface area contributed by atoms with E-state index in [1.54, 1.807) is 11.8 Å². The third-order valence-corrected chi connectivity index (χ3v) is 3.48. The standard InChI is InChI=1S/C15H22N2O3/c1-3-6-20-10-12-4-5-17(9-12)15(19)14-8-13(18)7-11(2)16-14/h7-8,12H,3-6,9-10H2,1-2H3,(H,16,18)/t12-/m0/s1. The lowest BCUT2D eigenvalue weighted by Gasteiger charge is -2.16. The van der Waals surface area contributed by atoms with Crippen LogP contribution in [0.2, 0.25) is 0 Å². The molecule has 1 amide bonds. The number of H-pyrrole nitrogens is 1. The fourth-order valence-corrected chi connectivity index (χ4v) is 2.51. The summed E-state index contributed by atoms with van der Waals surface area (Å²) in [6, 6.07) is 2.86. The van der Waals surface area contributed by atoms with Crippen LogP contribution in [0.25, 0.3) is 0 Å². The highest BCUT2D eigenvalue weighted by atomic mass is 16.5. The minimum Gasteiger partial charge on any atom is -0.381 e. The third kappa shape index (κ3) is 3.70. The number of pyridine rings is 1. The SMILES string of the molecule is CCCOC[C@H]1CCN(C(=O)c2cc(=O)cc(C)[nH]2)C1. The third-order valence-electron chi connectivity index (χ3n) is 3.48. The molecule has 0 unspecified atom stereocenters. The number of aromatic nitrogens is 1. The molecular formula is C15H22N2O3. The van der Waals surface area contributed by atoms with Gasteiger partial charge in [0.1, 0.15) is 5.69 Å². The highest BCUT2D eigenvalue weighted by Gasteiger charge is 2.27. The van der Waals surface area contributed by atoms with E-state index in [1.165, 1.54) is 12.1 Å². The molecule has 1 aliphatic rings. The van der Waals surface area contributed by atoms with Crippen LogP contribution in [-0.2, 0) is 4.74 Å². The van der Waals surface area contributed by atoms with Gasteiger partial charge in [-0.3, -0.25) is 9.59 Å². The maximum Gasteiger partial charge on any atom is 0.270 e. The van der Waals surface area contributed by atoms with Crippen molar-refractivity contribution >= 4 is 5.91 Å². The molecule has 20 heavy (non-hydrogen) atoms. The Kier molecular flexibility index (Phi) is 4.95. The number of amides is 1. The lowest BCUT2D eigenvalue weighted by molar-refractivity contribution is 0.0749. The molecule has 110 valence electrons. The molecular weight excluding hydrogens is 256 g/mol. The van der Waals surface area contributed by atoms with E-state index in [-0.39, 0.29) is 11.3 Å². The van der Waals surface area contributed by atoms with Crippen molar-refractivity contribution in [2.75, 3.05) is 26.3 Å². The molecule has 0 aliphatic carbocycles. The van der Waals surface area contributed by atoms with Crippen molar-refractivity contribution in [1.29, 1.82) is 0 Å². The second-order valence-corrected chi connectivity index (χ2v) is 5.39. The molecule has 5 nitrogen and oxygen atoms in total. The summed E-state index contributed by atoms with van der Waals surface area (Å²) in [5.74, 6) is 0.311. The second-order valence-electron chi connectivity index (χ2n) is 5.39. The van der Waals surface area contributed by atoms with Gasteiger partial charge in [0.05, 0.1) is 6.61 Å². The lowest BCUT2D eigenvalue weighted by atomic mass is 10.1. The molecule has 1 N–H and O–H groups in total. The topological polar surface area (TPSA) is 62.4 Å². The first-order chi connectivity index (χ1) is 9.60. The van der Waals surface area contributed by atoms with Crippen LogP contribution in [0.1, 0.15) is 35.9 Å². The predicted octanol–water partition coefficient (Wildman–Crippen LogP) is 1.57. The molecule has 0 radical (unpaired) electrons. The van der Waals surface area contributed by atoms with Crippen molar-refractivity contribution in [2.45, 2.75) is 26.7 Å². The Hall–Kier alpha value is -1.62. The van der Waals surface area contributed by atoms with E-state index in [0.717, 1.165) is 26.0 Å². The maximum atomic E-state index is 12.3. The Morgan fingerprint density at radius 1 is 1.50 bits per heavy atom. The Morgan fingerprint density at radius 2 is 2.30 bits per heavy atom. The minimum atomic E-state index is -0.133. The van der Waals surface area contributed by atoms with Crippen LogP contribution in [0.3, 0.4) is 0 Å². The largest absolute Gasteiger partial charge is 0.381 e. The molecule has 1 fully saturated rings. The van der Waals surface area contributed by atoms with Gasteiger partial charge >= 0.3 is 0 Å². The highest BCUT2D eigenvalue weighted by Crippen LogP contribution is 2.18. The number of nitrogens with one attached hydrogen (secondary N) is 1. The quantitative estimate of drug-likeness (QED) is 0.832. The molecule has 1 aliphatic heterocycles. The van der Waals surface area contributed by atoms with Gasteiger partial charge in [0.25, 0.3) is 5.91 Å². The number of likely N-dealkylation sites (tertiary alicyclic amines) is 1. The van der Waals surface area contributed by atoms with Gasteiger partial charge < -0.3 is 14.6 Å². The minimum absolute atomic E-state index is 0.0937. The number of aromatic amines is 1. The Bertz CT molecular complexity index is 524. The van der Waals surface area contributed by atoms with Gasteiger partial charge in [-0.15, -0.1) is 0 Å². The zero-order valence-corrected chi connectivity index (χ0v) is 12.1. The molecule has 0 saturated carbocycles. The first kappa shape index (κ1) is 14.8. The fraction of sp³-hybridized carbons (Fsp3) is 0.600. The molecule has 1 aromatic rings. The van der Waals surface area contributed by atoms with E-state index in [9.17, 15) is 9.59 Å². The monoisotopic (exact) mass is 278 g/mol. The van der Waals surface area contributed by atoms with Gasteiger partial charge in [0.15, 0.2) is 5.43 Å². The van der Waals surface area contributed by atoms with Gasteiger partial charge in [-0.1, -0.05) is 6.92 Å². The zero-order chi connectivity index (χ0) is 14.5. The molecule has 0 bridgehead atoms. The van der Waals surface area contributed by atoms with Crippen molar-refractivity contribution in [3.8, 4) is 0 Å². The van der Waals surface area contributed by atoms with Crippen molar-refractivity contribution < 1.29 is 9.53 Å². The number of ether oxygens (including phenoxy) is 1. The Morgan fingerprint density at radius 3 is 3.00 bits per heavy atom. The van der Waals surface area contributed by atoms with Crippen molar-refractivity contribution in [3.63, 3.8) is 0 Å². The number of nitrogens with zero attached hydrogens (tertiary/aromatic N) is 1. The molecule has 2 rings (SSSR count). The average Bonchev–Trinajstić information content (AvgIpc) is 2.86. The summed E-state index contributed by atoms with van der Waals surface area (Å²) in [5.41, 5.74) is 0.958. The Labute approximate surface area is 118 Å². The average molecular weight is 278 g/mol. The summed E-state index contributed by atoms with van der Waals surface area (Å²) < 4.78 is 5.54. The van der Waals surface area contributed by atoms with Crippen LogP contribution in [0.15, 0.2) is 16.9 Å². The number of rotatable bonds is 5. The van der Waals surface area contributed by atoms with Gasteiger partial charge in [0, 0.05) is 43.4 Å². The van der Waals surface area contributed by atoms with Gasteiger partial charge in [0.2, 0.25) is 0 Å². The van der Waals surface area contributed by atoms with Gasteiger partial charge in [-0.25, -0.2) is 0 Å². The molecule has 0 spiro atoms. The summed E-state index contributed by atoms with van der Waals surface area (Å²) in [6.45, 7) is 6.78. The summed E-state index contributed by atoms with van der Waals surface area (Å²) in [7, 11) is 0. The fourth-order valence-electron chi connectivity index (χ4n) is 2.51. The van der Waals surface area contributed by atoms with E-state index in [4.69, 9.17) is 4.74 Å². The first-order valence-electron chi connectivity index (χ1n) is 7.18. The number of aryl methyl sites for hydroxylation is 1. The molecule has 1 saturated heterocycles.